The lowest BCUT2D eigenvalue weighted by Crippen LogP contribution is -2.58. The molecule has 10 heteroatoms. The molecule has 0 saturated carbocycles. The highest BCUT2D eigenvalue weighted by atomic mass is 16.4. The van der Waals surface area contributed by atoms with Crippen LogP contribution in [0.2, 0.25) is 0 Å². The number of aliphatic carboxylic acids is 2. The molecule has 1 aromatic carbocycles. The number of aromatic nitrogens is 1. The summed E-state index contributed by atoms with van der Waals surface area (Å²) in [6.45, 7) is 4.09. The van der Waals surface area contributed by atoms with Gasteiger partial charge in [-0.15, -0.1) is 0 Å². The largest absolute Gasteiger partial charge is 0.481 e. The van der Waals surface area contributed by atoms with Gasteiger partial charge in [0.05, 0.1) is 12.5 Å². The molecular formula is C22H28N4O6. The molecular weight excluding hydrogens is 416 g/mol. The maximum Gasteiger partial charge on any atom is 0.326 e. The Morgan fingerprint density at radius 1 is 1.16 bits per heavy atom. The predicted molar refractivity (Wildman–Crippen MR) is 116 cm³/mol. The maximum atomic E-state index is 13.0. The van der Waals surface area contributed by atoms with Crippen LogP contribution in [0.3, 0.4) is 0 Å². The summed E-state index contributed by atoms with van der Waals surface area (Å²) >= 11 is 0. The van der Waals surface area contributed by atoms with Gasteiger partial charge in [-0.3, -0.25) is 19.7 Å². The van der Waals surface area contributed by atoms with Crippen molar-refractivity contribution in [2.24, 2.45) is 5.92 Å². The zero-order valence-corrected chi connectivity index (χ0v) is 18.0. The monoisotopic (exact) mass is 444 g/mol. The van der Waals surface area contributed by atoms with E-state index in [4.69, 9.17) is 5.11 Å². The molecule has 2 amide bonds. The summed E-state index contributed by atoms with van der Waals surface area (Å²) in [6.07, 6.45) is 0.242. The van der Waals surface area contributed by atoms with E-state index in [1.165, 1.54) is 0 Å². The molecule has 1 aromatic heterocycles. The number of amides is 2. The van der Waals surface area contributed by atoms with E-state index in [0.717, 1.165) is 22.2 Å². The van der Waals surface area contributed by atoms with Gasteiger partial charge >= 0.3 is 11.9 Å². The Balaban J connectivity index is 1.73. The molecule has 0 spiro atoms. The van der Waals surface area contributed by atoms with Gasteiger partial charge in [-0.2, -0.15) is 0 Å². The molecule has 2 aromatic rings. The highest BCUT2D eigenvalue weighted by molar-refractivity contribution is 5.94. The molecule has 0 fully saturated rings. The van der Waals surface area contributed by atoms with Crippen molar-refractivity contribution in [3.8, 4) is 0 Å². The van der Waals surface area contributed by atoms with Gasteiger partial charge in [-0.25, -0.2) is 4.79 Å². The third-order valence-corrected chi connectivity index (χ3v) is 5.94. The van der Waals surface area contributed by atoms with Crippen LogP contribution in [0, 0.1) is 5.92 Å². The van der Waals surface area contributed by atoms with Crippen LogP contribution < -0.4 is 16.0 Å². The van der Waals surface area contributed by atoms with E-state index in [-0.39, 0.29) is 11.8 Å². The Labute approximate surface area is 184 Å². The Hall–Kier alpha value is -3.40. The molecule has 32 heavy (non-hydrogen) atoms. The first kappa shape index (κ1) is 23.3. The van der Waals surface area contributed by atoms with Gasteiger partial charge in [-0.05, 0) is 24.0 Å². The second-order valence-electron chi connectivity index (χ2n) is 8.13. The summed E-state index contributed by atoms with van der Waals surface area (Å²) < 4.78 is 0. The number of carboxylic acids is 2. The van der Waals surface area contributed by atoms with Gasteiger partial charge in [0.1, 0.15) is 12.1 Å². The van der Waals surface area contributed by atoms with Crippen molar-refractivity contribution < 1.29 is 29.4 Å². The van der Waals surface area contributed by atoms with Crippen LogP contribution in [0.4, 0.5) is 0 Å². The zero-order chi connectivity index (χ0) is 23.4. The predicted octanol–water partition coefficient (Wildman–Crippen LogP) is 0.757. The van der Waals surface area contributed by atoms with Gasteiger partial charge in [0.2, 0.25) is 11.8 Å². The number of aromatic amines is 1. The standard InChI is InChI=1S/C22H28N4O6/c1-3-11(2)19(21(30)25-16(22(31)32)9-18(27)28)26-20(29)15-8-13-12-6-4-5-7-14(12)24-17(13)10-23-15/h4-7,11,15-16,19,23-24H,3,8-10H2,1-2H3,(H,25,30)(H,26,29)(H,27,28)(H,31,32)/t11-,15+,16-,19-/m0/s1. The summed E-state index contributed by atoms with van der Waals surface area (Å²) in [4.78, 5) is 51.4. The number of benzene rings is 1. The molecule has 0 unspecified atom stereocenters. The van der Waals surface area contributed by atoms with Gasteiger partial charge in [0.15, 0.2) is 0 Å². The fourth-order valence-corrected chi connectivity index (χ4v) is 3.92. The van der Waals surface area contributed by atoms with E-state index in [0.29, 0.717) is 19.4 Å². The van der Waals surface area contributed by atoms with Gasteiger partial charge in [0, 0.05) is 23.1 Å². The molecule has 0 aliphatic carbocycles. The fourth-order valence-electron chi connectivity index (χ4n) is 3.92. The summed E-state index contributed by atoms with van der Waals surface area (Å²) in [6, 6.07) is 4.71. The van der Waals surface area contributed by atoms with Gasteiger partial charge in [-0.1, -0.05) is 38.5 Å². The molecule has 4 atom stereocenters. The third kappa shape index (κ3) is 5.08. The van der Waals surface area contributed by atoms with Crippen molar-refractivity contribution in [1.82, 2.24) is 20.9 Å². The summed E-state index contributed by atoms with van der Waals surface area (Å²) in [7, 11) is 0. The van der Waals surface area contributed by atoms with Crippen LogP contribution in [-0.2, 0) is 32.1 Å². The van der Waals surface area contributed by atoms with Gasteiger partial charge < -0.3 is 25.8 Å². The number of carbonyl (C=O) groups excluding carboxylic acids is 2. The minimum Gasteiger partial charge on any atom is -0.481 e. The first-order valence-corrected chi connectivity index (χ1v) is 10.6. The average molecular weight is 444 g/mol. The van der Waals surface area contributed by atoms with E-state index in [9.17, 15) is 24.3 Å². The normalized spacial score (nSPS) is 18.2. The Kier molecular flexibility index (Phi) is 7.14. The molecule has 1 aliphatic rings. The highest BCUT2D eigenvalue weighted by Crippen LogP contribution is 2.26. The van der Waals surface area contributed by atoms with Crippen molar-refractivity contribution in [2.75, 3.05) is 0 Å². The number of carbonyl (C=O) groups is 4. The van der Waals surface area contributed by atoms with Crippen LogP contribution in [0.1, 0.15) is 37.9 Å². The number of hydrogen-bond donors (Lipinski definition) is 6. The number of hydrogen-bond acceptors (Lipinski definition) is 5. The second kappa shape index (κ2) is 9.82. The summed E-state index contributed by atoms with van der Waals surface area (Å²) in [5.74, 6) is -4.17. The lowest BCUT2D eigenvalue weighted by atomic mass is 9.95. The first-order chi connectivity index (χ1) is 15.2. The molecule has 2 heterocycles. The van der Waals surface area contributed by atoms with Crippen molar-refractivity contribution in [3.05, 3.63) is 35.5 Å². The molecule has 10 nitrogen and oxygen atoms in total. The van der Waals surface area contributed by atoms with Crippen LogP contribution in [0.15, 0.2) is 24.3 Å². The van der Waals surface area contributed by atoms with E-state index < -0.39 is 42.4 Å². The minimum absolute atomic E-state index is 0.287. The molecule has 172 valence electrons. The number of carboxylic acid groups (broad SMARTS) is 2. The first-order valence-electron chi connectivity index (χ1n) is 10.6. The van der Waals surface area contributed by atoms with Crippen molar-refractivity contribution in [3.63, 3.8) is 0 Å². The molecule has 3 rings (SSSR count). The topological polar surface area (TPSA) is 161 Å². The summed E-state index contributed by atoms with van der Waals surface area (Å²) in [5.41, 5.74) is 3.07. The average Bonchev–Trinajstić information content (AvgIpc) is 3.13. The van der Waals surface area contributed by atoms with Gasteiger partial charge in [0.25, 0.3) is 0 Å². The number of para-hydroxylation sites is 1. The number of nitrogens with one attached hydrogen (secondary N) is 4. The number of fused-ring (bicyclic) bond motifs is 3. The van der Waals surface area contributed by atoms with Crippen molar-refractivity contribution in [1.29, 1.82) is 0 Å². The number of rotatable bonds is 9. The lowest BCUT2D eigenvalue weighted by Gasteiger charge is -2.29. The second-order valence-corrected chi connectivity index (χ2v) is 8.13. The molecule has 6 N–H and O–H groups in total. The lowest BCUT2D eigenvalue weighted by molar-refractivity contribution is -0.147. The fraction of sp³-hybridized carbons (Fsp3) is 0.455. The highest BCUT2D eigenvalue weighted by Gasteiger charge is 2.34. The van der Waals surface area contributed by atoms with E-state index in [1.807, 2.05) is 31.2 Å². The SMILES string of the molecule is CC[C@H](C)[C@H](NC(=O)[C@H]1Cc2c([nH]c3ccccc23)CN1)C(=O)N[C@@H](CC(=O)O)C(=O)O. The Morgan fingerprint density at radius 2 is 1.88 bits per heavy atom. The quantitative estimate of drug-likeness (QED) is 0.333. The summed E-state index contributed by atoms with van der Waals surface area (Å²) in [5, 5.41) is 27.3. The van der Waals surface area contributed by atoms with Crippen LogP contribution >= 0.6 is 0 Å². The molecule has 0 saturated heterocycles. The van der Waals surface area contributed by atoms with Crippen LogP contribution in [-0.4, -0.2) is 57.1 Å². The zero-order valence-electron chi connectivity index (χ0n) is 18.0. The van der Waals surface area contributed by atoms with E-state index >= 15 is 0 Å². The molecule has 0 radical (unpaired) electrons. The van der Waals surface area contributed by atoms with Crippen LogP contribution in [0.25, 0.3) is 10.9 Å². The number of H-pyrrole nitrogens is 1. The van der Waals surface area contributed by atoms with Crippen molar-refractivity contribution in [2.45, 2.75) is 57.8 Å². The molecule has 0 bridgehead atoms. The minimum atomic E-state index is -1.58. The Bertz CT molecular complexity index is 1030. The third-order valence-electron chi connectivity index (χ3n) is 5.94. The Morgan fingerprint density at radius 3 is 2.53 bits per heavy atom. The smallest absolute Gasteiger partial charge is 0.326 e. The maximum absolute atomic E-state index is 13.0. The van der Waals surface area contributed by atoms with E-state index in [2.05, 4.69) is 20.9 Å². The van der Waals surface area contributed by atoms with E-state index in [1.54, 1.807) is 6.92 Å². The van der Waals surface area contributed by atoms with Crippen molar-refractivity contribution >= 4 is 34.7 Å². The molecule has 1 aliphatic heterocycles. The van der Waals surface area contributed by atoms with Crippen LogP contribution in [0.5, 0.6) is 0 Å².